The monoisotopic (exact) mass is 396 g/mol. The van der Waals surface area contributed by atoms with Gasteiger partial charge >= 0.3 is 11.9 Å². The van der Waals surface area contributed by atoms with Gasteiger partial charge in [0.2, 0.25) is 11.8 Å². The van der Waals surface area contributed by atoms with Crippen molar-refractivity contribution >= 4 is 29.7 Å². The van der Waals surface area contributed by atoms with Gasteiger partial charge in [-0.15, -0.1) is 0 Å². The maximum Gasteiger partial charge on any atom is 0.329 e. The fourth-order valence-electron chi connectivity index (χ4n) is 3.68. The molecule has 0 aromatic rings. The largest absolute Gasteiger partial charge is 0.466 e. The highest BCUT2D eigenvalue weighted by Crippen LogP contribution is 2.38. The molecule has 1 aliphatic heterocycles. The van der Waals surface area contributed by atoms with Crippen LogP contribution in [0.25, 0.3) is 0 Å². The molecule has 9 heteroatoms. The van der Waals surface area contributed by atoms with E-state index < -0.39 is 24.5 Å². The molecule has 1 heterocycles. The third-order valence-corrected chi connectivity index (χ3v) is 5.13. The van der Waals surface area contributed by atoms with Crippen LogP contribution >= 0.6 is 0 Å². The first-order valence-corrected chi connectivity index (χ1v) is 9.82. The Labute approximate surface area is 164 Å². The van der Waals surface area contributed by atoms with Crippen molar-refractivity contribution in [1.82, 2.24) is 10.2 Å². The Hall–Kier alpha value is -2.45. The van der Waals surface area contributed by atoms with Crippen molar-refractivity contribution in [2.24, 2.45) is 11.8 Å². The van der Waals surface area contributed by atoms with Crippen LogP contribution in [0.4, 0.5) is 0 Å². The zero-order valence-electron chi connectivity index (χ0n) is 16.4. The lowest BCUT2D eigenvalue weighted by molar-refractivity contribution is -0.159. The molecule has 9 nitrogen and oxygen atoms in total. The zero-order valence-corrected chi connectivity index (χ0v) is 16.4. The molecule has 0 bridgehead atoms. The SMILES string of the molecule is CCOC(=O)CCCNC(=O)COC(=O)C(C)N1C(=O)C2CCCCC2C1=O. The maximum atomic E-state index is 12.5. The third-order valence-electron chi connectivity index (χ3n) is 5.13. The zero-order chi connectivity index (χ0) is 20.7. The number of rotatable bonds is 9. The van der Waals surface area contributed by atoms with Crippen molar-refractivity contribution in [1.29, 1.82) is 0 Å². The van der Waals surface area contributed by atoms with Gasteiger partial charge in [0.25, 0.3) is 5.91 Å². The van der Waals surface area contributed by atoms with Crippen LogP contribution in [0.1, 0.15) is 52.4 Å². The highest BCUT2D eigenvalue weighted by molar-refractivity contribution is 6.07. The average molecular weight is 396 g/mol. The first kappa shape index (κ1) is 21.8. The summed E-state index contributed by atoms with van der Waals surface area (Å²) in [6.07, 6.45) is 3.75. The Morgan fingerprint density at radius 2 is 1.71 bits per heavy atom. The van der Waals surface area contributed by atoms with Gasteiger partial charge in [0.05, 0.1) is 18.4 Å². The molecule has 3 atom stereocenters. The van der Waals surface area contributed by atoms with Gasteiger partial charge in [0, 0.05) is 13.0 Å². The molecule has 3 unspecified atom stereocenters. The number of carbonyl (C=O) groups excluding carboxylic acids is 5. The van der Waals surface area contributed by atoms with E-state index in [1.54, 1.807) is 6.92 Å². The minimum atomic E-state index is -1.05. The molecule has 1 N–H and O–H groups in total. The highest BCUT2D eigenvalue weighted by atomic mass is 16.5. The van der Waals surface area contributed by atoms with E-state index in [9.17, 15) is 24.0 Å². The third kappa shape index (κ3) is 5.30. The summed E-state index contributed by atoms with van der Waals surface area (Å²) in [6.45, 7) is 3.20. The predicted molar refractivity (Wildman–Crippen MR) is 96.6 cm³/mol. The van der Waals surface area contributed by atoms with Crippen LogP contribution in [-0.2, 0) is 33.4 Å². The minimum Gasteiger partial charge on any atom is -0.466 e. The second-order valence-electron chi connectivity index (χ2n) is 7.09. The molecule has 0 radical (unpaired) electrons. The molecule has 1 saturated heterocycles. The van der Waals surface area contributed by atoms with Crippen molar-refractivity contribution < 1.29 is 33.4 Å². The van der Waals surface area contributed by atoms with Crippen LogP contribution in [-0.4, -0.2) is 60.4 Å². The second-order valence-corrected chi connectivity index (χ2v) is 7.09. The molecule has 1 saturated carbocycles. The Kier molecular flexibility index (Phi) is 7.95. The van der Waals surface area contributed by atoms with Gasteiger partial charge in [-0.2, -0.15) is 0 Å². The molecule has 2 fully saturated rings. The molecule has 2 aliphatic rings. The van der Waals surface area contributed by atoms with Gasteiger partial charge in [-0.3, -0.25) is 24.1 Å². The second kappa shape index (κ2) is 10.2. The standard InChI is InChI=1S/C19H28N2O7/c1-3-27-16(23)9-6-10-20-15(22)11-28-19(26)12(2)21-17(24)13-7-4-5-8-14(13)18(21)25/h12-14H,3-11H2,1-2H3,(H,20,22). The van der Waals surface area contributed by atoms with Crippen LogP contribution in [0.15, 0.2) is 0 Å². The molecular weight excluding hydrogens is 368 g/mol. The number of hydrogen-bond donors (Lipinski definition) is 1. The average Bonchev–Trinajstić information content (AvgIpc) is 2.94. The Balaban J connectivity index is 1.73. The maximum absolute atomic E-state index is 12.5. The van der Waals surface area contributed by atoms with E-state index in [-0.39, 0.29) is 42.6 Å². The summed E-state index contributed by atoms with van der Waals surface area (Å²) in [6, 6.07) is -1.05. The number of amides is 3. The van der Waals surface area contributed by atoms with E-state index in [4.69, 9.17) is 9.47 Å². The summed E-state index contributed by atoms with van der Waals surface area (Å²) in [5, 5.41) is 2.53. The number of fused-ring (bicyclic) bond motifs is 1. The molecule has 28 heavy (non-hydrogen) atoms. The van der Waals surface area contributed by atoms with E-state index in [2.05, 4.69) is 5.32 Å². The minimum absolute atomic E-state index is 0.187. The molecule has 1 aliphatic carbocycles. The lowest BCUT2D eigenvalue weighted by atomic mass is 9.81. The molecule has 0 aromatic heterocycles. The van der Waals surface area contributed by atoms with Crippen LogP contribution in [0.3, 0.4) is 0 Å². The quantitative estimate of drug-likeness (QED) is 0.343. The number of carbonyl (C=O) groups is 5. The van der Waals surface area contributed by atoms with E-state index >= 15 is 0 Å². The lowest BCUT2D eigenvalue weighted by Gasteiger charge is -2.21. The van der Waals surface area contributed by atoms with Crippen LogP contribution < -0.4 is 5.32 Å². The molecule has 2 rings (SSSR count). The summed E-state index contributed by atoms with van der Waals surface area (Å²) < 4.78 is 9.73. The Morgan fingerprint density at radius 1 is 1.11 bits per heavy atom. The summed E-state index contributed by atoms with van der Waals surface area (Å²) in [7, 11) is 0. The van der Waals surface area contributed by atoms with Gasteiger partial charge < -0.3 is 14.8 Å². The Morgan fingerprint density at radius 3 is 2.29 bits per heavy atom. The number of esters is 2. The van der Waals surface area contributed by atoms with E-state index in [0.29, 0.717) is 25.9 Å². The molecule has 3 amide bonds. The van der Waals surface area contributed by atoms with Gasteiger partial charge in [-0.1, -0.05) is 12.8 Å². The van der Waals surface area contributed by atoms with Gasteiger partial charge in [-0.25, -0.2) is 4.79 Å². The molecular formula is C19H28N2O7. The number of nitrogens with one attached hydrogen (secondary N) is 1. The van der Waals surface area contributed by atoms with E-state index in [0.717, 1.165) is 17.7 Å². The number of hydrogen-bond acceptors (Lipinski definition) is 7. The predicted octanol–water partition coefficient (Wildman–Crippen LogP) is 0.553. The fraction of sp³-hybridized carbons (Fsp3) is 0.737. The summed E-state index contributed by atoms with van der Waals surface area (Å²) >= 11 is 0. The molecule has 0 spiro atoms. The van der Waals surface area contributed by atoms with Crippen molar-refractivity contribution in [2.45, 2.75) is 58.4 Å². The smallest absolute Gasteiger partial charge is 0.329 e. The number of imide groups is 1. The van der Waals surface area contributed by atoms with E-state index in [1.807, 2.05) is 0 Å². The number of nitrogens with zero attached hydrogens (tertiary/aromatic N) is 1. The van der Waals surface area contributed by atoms with Crippen molar-refractivity contribution in [2.75, 3.05) is 19.8 Å². The van der Waals surface area contributed by atoms with Crippen molar-refractivity contribution in [3.63, 3.8) is 0 Å². The molecule has 0 aromatic carbocycles. The van der Waals surface area contributed by atoms with Crippen LogP contribution in [0.2, 0.25) is 0 Å². The van der Waals surface area contributed by atoms with Crippen molar-refractivity contribution in [3.05, 3.63) is 0 Å². The van der Waals surface area contributed by atoms with E-state index in [1.165, 1.54) is 6.92 Å². The summed E-state index contributed by atoms with van der Waals surface area (Å²) in [5.74, 6) is -2.94. The van der Waals surface area contributed by atoms with Gasteiger partial charge in [-0.05, 0) is 33.1 Å². The van der Waals surface area contributed by atoms with Gasteiger partial charge in [0.1, 0.15) is 6.04 Å². The molecule has 156 valence electrons. The fourth-order valence-corrected chi connectivity index (χ4v) is 3.68. The van der Waals surface area contributed by atoms with Gasteiger partial charge in [0.15, 0.2) is 6.61 Å². The first-order chi connectivity index (χ1) is 13.4. The summed E-state index contributed by atoms with van der Waals surface area (Å²) in [5.41, 5.74) is 0. The summed E-state index contributed by atoms with van der Waals surface area (Å²) in [4.78, 5) is 61.1. The Bertz CT molecular complexity index is 610. The normalized spacial score (nSPS) is 22.4. The number of likely N-dealkylation sites (tertiary alicyclic amines) is 1. The lowest BCUT2D eigenvalue weighted by Crippen LogP contribution is -2.45. The highest BCUT2D eigenvalue weighted by Gasteiger charge is 2.51. The van der Waals surface area contributed by atoms with Crippen LogP contribution in [0.5, 0.6) is 0 Å². The topological polar surface area (TPSA) is 119 Å². The first-order valence-electron chi connectivity index (χ1n) is 9.82. The van der Waals surface area contributed by atoms with Crippen molar-refractivity contribution in [3.8, 4) is 0 Å². The van der Waals surface area contributed by atoms with Crippen LogP contribution in [0, 0.1) is 11.8 Å². The number of ether oxygens (including phenoxy) is 2.